The molecule has 0 aliphatic carbocycles. The molecule has 2 aromatic rings. The SMILES string of the molecule is CC1(C)Oc2ccccc2[C@H]1C(=O)Oc1ccc(/C=C2\SC(=O)NC2=O)cc1. The van der Waals surface area contributed by atoms with Crippen LogP contribution in [0.1, 0.15) is 30.9 Å². The largest absolute Gasteiger partial charge is 0.486 e. The topological polar surface area (TPSA) is 81.7 Å². The van der Waals surface area contributed by atoms with Crippen molar-refractivity contribution in [3.8, 4) is 11.5 Å². The zero-order chi connectivity index (χ0) is 19.9. The third-order valence-electron chi connectivity index (χ3n) is 4.57. The Morgan fingerprint density at radius 3 is 2.54 bits per heavy atom. The third-order valence-corrected chi connectivity index (χ3v) is 5.38. The Bertz CT molecular complexity index is 1010. The van der Waals surface area contributed by atoms with Gasteiger partial charge in [0.15, 0.2) is 0 Å². The zero-order valence-electron chi connectivity index (χ0n) is 15.2. The molecule has 0 saturated carbocycles. The third kappa shape index (κ3) is 3.41. The zero-order valence-corrected chi connectivity index (χ0v) is 16.0. The Balaban J connectivity index is 1.51. The molecule has 1 N–H and O–H groups in total. The first-order valence-corrected chi connectivity index (χ1v) is 9.50. The first-order valence-electron chi connectivity index (χ1n) is 8.68. The van der Waals surface area contributed by atoms with Crippen LogP contribution >= 0.6 is 11.8 Å². The molecule has 1 fully saturated rings. The van der Waals surface area contributed by atoms with Gasteiger partial charge < -0.3 is 9.47 Å². The molecule has 0 bridgehead atoms. The Morgan fingerprint density at radius 2 is 1.86 bits per heavy atom. The summed E-state index contributed by atoms with van der Waals surface area (Å²) in [6.45, 7) is 3.72. The normalized spacial score (nSPS) is 21.2. The van der Waals surface area contributed by atoms with Crippen molar-refractivity contribution < 1.29 is 23.9 Å². The first kappa shape index (κ1) is 18.3. The van der Waals surface area contributed by atoms with E-state index in [0.29, 0.717) is 16.4 Å². The number of imide groups is 1. The van der Waals surface area contributed by atoms with E-state index in [9.17, 15) is 14.4 Å². The van der Waals surface area contributed by atoms with Crippen LogP contribution in [0.2, 0.25) is 0 Å². The lowest BCUT2D eigenvalue weighted by Crippen LogP contribution is -2.37. The second-order valence-electron chi connectivity index (χ2n) is 7.02. The number of carbonyl (C=O) groups excluding carboxylic acids is 3. The van der Waals surface area contributed by atoms with Gasteiger partial charge in [-0.3, -0.25) is 19.7 Å². The highest BCUT2D eigenvalue weighted by molar-refractivity contribution is 8.18. The van der Waals surface area contributed by atoms with Crippen molar-refractivity contribution >= 4 is 35.0 Å². The molecule has 0 radical (unpaired) electrons. The molecule has 2 heterocycles. The van der Waals surface area contributed by atoms with Crippen molar-refractivity contribution in [2.24, 2.45) is 0 Å². The summed E-state index contributed by atoms with van der Waals surface area (Å²) in [6.07, 6.45) is 1.61. The molecular formula is C21H17NO5S. The van der Waals surface area contributed by atoms with Crippen molar-refractivity contribution in [2.45, 2.75) is 25.4 Å². The fraction of sp³-hybridized carbons (Fsp3) is 0.190. The molecule has 1 saturated heterocycles. The lowest BCUT2D eigenvalue weighted by Gasteiger charge is -2.24. The van der Waals surface area contributed by atoms with Gasteiger partial charge in [0, 0.05) is 5.56 Å². The molecule has 0 unspecified atom stereocenters. The van der Waals surface area contributed by atoms with Gasteiger partial charge >= 0.3 is 5.97 Å². The highest BCUT2D eigenvalue weighted by atomic mass is 32.2. The summed E-state index contributed by atoms with van der Waals surface area (Å²) in [7, 11) is 0. The maximum Gasteiger partial charge on any atom is 0.323 e. The van der Waals surface area contributed by atoms with Gasteiger partial charge in [-0.25, -0.2) is 0 Å². The number of para-hydroxylation sites is 1. The average Bonchev–Trinajstić information content (AvgIpc) is 3.10. The number of esters is 1. The van der Waals surface area contributed by atoms with Crippen LogP contribution in [0.25, 0.3) is 6.08 Å². The number of benzene rings is 2. The average molecular weight is 395 g/mol. The second-order valence-corrected chi connectivity index (χ2v) is 8.03. The van der Waals surface area contributed by atoms with Crippen LogP contribution in [-0.2, 0) is 9.59 Å². The standard InChI is InChI=1S/C21H17NO5S/c1-21(2)17(14-5-3-4-6-15(14)27-21)19(24)26-13-9-7-12(8-10-13)11-16-18(23)22-20(25)28-16/h3-11,17H,1-2H3,(H,22,23,25)/b16-11-/t17-/m0/s1. The fourth-order valence-electron chi connectivity index (χ4n) is 3.32. The van der Waals surface area contributed by atoms with Crippen LogP contribution in [0.5, 0.6) is 11.5 Å². The van der Waals surface area contributed by atoms with Crippen molar-refractivity contribution in [2.75, 3.05) is 0 Å². The number of nitrogens with one attached hydrogen (secondary N) is 1. The maximum atomic E-state index is 12.8. The lowest BCUT2D eigenvalue weighted by atomic mass is 9.87. The number of thioether (sulfide) groups is 1. The van der Waals surface area contributed by atoms with Crippen molar-refractivity contribution in [1.82, 2.24) is 5.32 Å². The Morgan fingerprint density at radius 1 is 1.14 bits per heavy atom. The molecule has 1 atom stereocenters. The van der Waals surface area contributed by atoms with Crippen molar-refractivity contribution in [1.29, 1.82) is 0 Å². The first-order chi connectivity index (χ1) is 13.3. The molecule has 0 spiro atoms. The number of rotatable bonds is 3. The van der Waals surface area contributed by atoms with E-state index in [1.807, 2.05) is 38.1 Å². The number of hydrogen-bond donors (Lipinski definition) is 1. The second kappa shape index (κ2) is 6.83. The quantitative estimate of drug-likeness (QED) is 0.483. The van der Waals surface area contributed by atoms with Crippen molar-refractivity contribution in [3.05, 3.63) is 64.6 Å². The summed E-state index contributed by atoms with van der Waals surface area (Å²) in [5.41, 5.74) is 0.833. The molecule has 2 aromatic carbocycles. The lowest BCUT2D eigenvalue weighted by molar-refractivity contribution is -0.139. The molecule has 0 aromatic heterocycles. The van der Waals surface area contributed by atoms with E-state index < -0.39 is 23.4 Å². The fourth-order valence-corrected chi connectivity index (χ4v) is 4.00. The predicted molar refractivity (Wildman–Crippen MR) is 105 cm³/mol. The van der Waals surface area contributed by atoms with Gasteiger partial charge in [0.25, 0.3) is 11.1 Å². The van der Waals surface area contributed by atoms with Gasteiger partial charge in [-0.1, -0.05) is 30.3 Å². The van der Waals surface area contributed by atoms with Crippen LogP contribution in [0.15, 0.2) is 53.4 Å². The minimum absolute atomic E-state index is 0.330. The van der Waals surface area contributed by atoms with Crippen molar-refractivity contribution in [3.63, 3.8) is 0 Å². The molecule has 4 rings (SSSR count). The minimum Gasteiger partial charge on any atom is -0.486 e. The molecule has 7 heteroatoms. The van der Waals surface area contributed by atoms with E-state index in [4.69, 9.17) is 9.47 Å². The summed E-state index contributed by atoms with van der Waals surface area (Å²) in [5, 5.41) is 1.82. The highest BCUT2D eigenvalue weighted by Crippen LogP contribution is 2.45. The number of amides is 2. The van der Waals surface area contributed by atoms with Gasteiger partial charge in [0.1, 0.15) is 23.0 Å². The molecule has 6 nitrogen and oxygen atoms in total. The summed E-state index contributed by atoms with van der Waals surface area (Å²) in [5.74, 6) is -0.245. The van der Waals surface area contributed by atoms with Gasteiger partial charge in [0.2, 0.25) is 0 Å². The number of ether oxygens (including phenoxy) is 2. The predicted octanol–water partition coefficient (Wildman–Crippen LogP) is 3.87. The molecule has 2 aliphatic heterocycles. The number of hydrogen-bond acceptors (Lipinski definition) is 6. The highest BCUT2D eigenvalue weighted by Gasteiger charge is 2.46. The Labute approximate surface area is 165 Å². The maximum absolute atomic E-state index is 12.8. The van der Waals surface area contributed by atoms with Crippen LogP contribution in [0.3, 0.4) is 0 Å². The smallest absolute Gasteiger partial charge is 0.323 e. The van der Waals surface area contributed by atoms with E-state index in [1.54, 1.807) is 30.3 Å². The van der Waals surface area contributed by atoms with E-state index in [2.05, 4.69) is 5.32 Å². The Hall–Kier alpha value is -3.06. The summed E-state index contributed by atoms with van der Waals surface area (Å²) in [4.78, 5) is 36.0. The van der Waals surface area contributed by atoms with Crippen LogP contribution < -0.4 is 14.8 Å². The molecule has 142 valence electrons. The number of carbonyl (C=O) groups is 3. The molecule has 2 amide bonds. The van der Waals surface area contributed by atoms with Gasteiger partial charge in [0.05, 0.1) is 4.91 Å². The van der Waals surface area contributed by atoms with Crippen LogP contribution in [0.4, 0.5) is 4.79 Å². The monoisotopic (exact) mass is 395 g/mol. The molecule has 2 aliphatic rings. The molecular weight excluding hydrogens is 378 g/mol. The summed E-state index contributed by atoms with van der Waals surface area (Å²) in [6, 6.07) is 14.2. The van der Waals surface area contributed by atoms with E-state index in [-0.39, 0.29) is 5.24 Å². The van der Waals surface area contributed by atoms with E-state index in [0.717, 1.165) is 22.9 Å². The van der Waals surface area contributed by atoms with Crippen LogP contribution in [0, 0.1) is 0 Å². The summed E-state index contributed by atoms with van der Waals surface area (Å²) < 4.78 is 11.5. The van der Waals surface area contributed by atoms with Gasteiger partial charge in [-0.05, 0) is 55.4 Å². The van der Waals surface area contributed by atoms with E-state index in [1.165, 1.54) is 0 Å². The molecule has 28 heavy (non-hydrogen) atoms. The summed E-state index contributed by atoms with van der Waals surface area (Å²) >= 11 is 0.856. The van der Waals surface area contributed by atoms with E-state index >= 15 is 0 Å². The van der Waals surface area contributed by atoms with Gasteiger partial charge in [-0.15, -0.1) is 0 Å². The van der Waals surface area contributed by atoms with Crippen LogP contribution in [-0.4, -0.2) is 22.7 Å². The number of fused-ring (bicyclic) bond motifs is 1. The minimum atomic E-state index is -0.704. The van der Waals surface area contributed by atoms with Gasteiger partial charge in [-0.2, -0.15) is 0 Å². The Kier molecular flexibility index (Phi) is 4.47.